The first-order valence-electron chi connectivity index (χ1n) is 11.6. The minimum atomic E-state index is -3.33. The third-order valence-corrected chi connectivity index (χ3v) is 7.69. The molecule has 2 heterocycles. The van der Waals surface area contributed by atoms with E-state index in [1.54, 1.807) is 31.3 Å². The third kappa shape index (κ3) is 5.22. The molecule has 180 valence electrons. The monoisotopic (exact) mass is 500 g/mol. The van der Waals surface area contributed by atoms with E-state index in [-0.39, 0.29) is 5.75 Å². The SMILES string of the molecule is CCCCOCCCOc1ccc(-c2cccc(S(=O)(=O)CC)c2)c2c1[nH]c1ncc(Cl)cc12. The second-order valence-electron chi connectivity index (χ2n) is 8.14. The van der Waals surface area contributed by atoms with Crippen LogP contribution < -0.4 is 4.74 Å². The van der Waals surface area contributed by atoms with Crippen molar-refractivity contribution in [2.24, 2.45) is 0 Å². The zero-order valence-corrected chi connectivity index (χ0v) is 21.0. The van der Waals surface area contributed by atoms with Crippen molar-refractivity contribution in [3.8, 4) is 16.9 Å². The molecular formula is C26H29ClN2O4S. The Morgan fingerprint density at radius 3 is 2.65 bits per heavy atom. The van der Waals surface area contributed by atoms with Gasteiger partial charge in [0.1, 0.15) is 11.4 Å². The average Bonchev–Trinajstić information content (AvgIpc) is 3.22. The first-order chi connectivity index (χ1) is 16.4. The normalized spacial score (nSPS) is 12.0. The Morgan fingerprint density at radius 2 is 1.85 bits per heavy atom. The van der Waals surface area contributed by atoms with Crippen LogP contribution in [0.5, 0.6) is 5.75 Å². The van der Waals surface area contributed by atoms with E-state index in [9.17, 15) is 8.42 Å². The fraction of sp³-hybridized carbons (Fsp3) is 0.346. The van der Waals surface area contributed by atoms with Crippen LogP contribution in [0.25, 0.3) is 33.1 Å². The van der Waals surface area contributed by atoms with Gasteiger partial charge < -0.3 is 14.5 Å². The van der Waals surface area contributed by atoms with Gasteiger partial charge in [0.25, 0.3) is 0 Å². The highest BCUT2D eigenvalue weighted by Crippen LogP contribution is 2.40. The standard InChI is InChI=1S/C26H29ClN2O4S/c1-3-5-12-32-13-7-14-33-23-11-10-21(18-8-6-9-20(15-18)34(30,31)4-2)24-22-16-19(27)17-28-26(22)29-25(23)24/h6,8-11,15-17H,3-5,7,12-14H2,1-2H3,(H,28,29). The predicted molar refractivity (Wildman–Crippen MR) is 138 cm³/mol. The number of pyridine rings is 1. The van der Waals surface area contributed by atoms with E-state index in [2.05, 4.69) is 16.9 Å². The van der Waals surface area contributed by atoms with Gasteiger partial charge in [-0.05, 0) is 47.9 Å². The molecule has 0 saturated heterocycles. The van der Waals surface area contributed by atoms with E-state index in [0.717, 1.165) is 53.3 Å². The van der Waals surface area contributed by atoms with E-state index in [1.165, 1.54) is 0 Å². The molecule has 0 radical (unpaired) electrons. The zero-order chi connectivity index (χ0) is 24.1. The second kappa shape index (κ2) is 10.8. The number of rotatable bonds is 11. The van der Waals surface area contributed by atoms with E-state index in [4.69, 9.17) is 21.1 Å². The van der Waals surface area contributed by atoms with E-state index in [1.807, 2.05) is 24.3 Å². The summed E-state index contributed by atoms with van der Waals surface area (Å²) in [5.74, 6) is 0.756. The van der Waals surface area contributed by atoms with Crippen LogP contribution in [0.1, 0.15) is 33.1 Å². The number of fused-ring (bicyclic) bond motifs is 3. The molecule has 4 rings (SSSR count). The molecule has 0 aliphatic heterocycles. The molecule has 4 aromatic rings. The van der Waals surface area contributed by atoms with E-state index < -0.39 is 9.84 Å². The Bertz CT molecular complexity index is 1400. The lowest BCUT2D eigenvalue weighted by Crippen LogP contribution is -2.04. The largest absolute Gasteiger partial charge is 0.491 e. The summed E-state index contributed by atoms with van der Waals surface area (Å²) in [5.41, 5.74) is 3.18. The number of nitrogens with zero attached hydrogens (tertiary/aromatic N) is 1. The van der Waals surface area contributed by atoms with Crippen molar-refractivity contribution in [2.75, 3.05) is 25.6 Å². The average molecular weight is 501 g/mol. The number of hydrogen-bond donors (Lipinski definition) is 1. The maximum atomic E-state index is 12.5. The lowest BCUT2D eigenvalue weighted by atomic mass is 9.99. The molecule has 34 heavy (non-hydrogen) atoms. The summed E-state index contributed by atoms with van der Waals surface area (Å²) in [4.78, 5) is 8.11. The second-order valence-corrected chi connectivity index (χ2v) is 10.8. The first kappa shape index (κ1) is 24.5. The summed E-state index contributed by atoms with van der Waals surface area (Å²) >= 11 is 6.27. The van der Waals surface area contributed by atoms with Gasteiger partial charge in [0.05, 0.1) is 27.8 Å². The van der Waals surface area contributed by atoms with Crippen molar-refractivity contribution in [3.05, 3.63) is 53.7 Å². The summed E-state index contributed by atoms with van der Waals surface area (Å²) in [6, 6.07) is 12.8. The lowest BCUT2D eigenvalue weighted by molar-refractivity contribution is 0.117. The van der Waals surface area contributed by atoms with E-state index >= 15 is 0 Å². The van der Waals surface area contributed by atoms with Gasteiger partial charge in [-0.15, -0.1) is 0 Å². The Kier molecular flexibility index (Phi) is 7.76. The molecule has 0 atom stereocenters. The highest BCUT2D eigenvalue weighted by Gasteiger charge is 2.18. The smallest absolute Gasteiger partial charge is 0.178 e. The Balaban J connectivity index is 1.73. The molecule has 0 aliphatic carbocycles. The third-order valence-electron chi connectivity index (χ3n) is 5.75. The highest BCUT2D eigenvalue weighted by atomic mass is 35.5. The van der Waals surface area contributed by atoms with Crippen LogP contribution in [0.4, 0.5) is 0 Å². The fourth-order valence-corrected chi connectivity index (χ4v) is 5.00. The molecule has 1 N–H and O–H groups in total. The number of sulfone groups is 1. The quantitative estimate of drug-likeness (QED) is 0.240. The van der Waals surface area contributed by atoms with Gasteiger partial charge in [0.15, 0.2) is 9.84 Å². The Labute approximate surface area is 205 Å². The number of aromatic nitrogens is 2. The zero-order valence-electron chi connectivity index (χ0n) is 19.4. The van der Waals surface area contributed by atoms with Gasteiger partial charge in [0.2, 0.25) is 0 Å². The molecule has 0 bridgehead atoms. The fourth-order valence-electron chi connectivity index (χ4n) is 3.91. The molecule has 0 saturated carbocycles. The molecule has 2 aromatic carbocycles. The lowest BCUT2D eigenvalue weighted by Gasteiger charge is -2.12. The van der Waals surface area contributed by atoms with Crippen molar-refractivity contribution >= 4 is 43.4 Å². The molecule has 0 fully saturated rings. The Hall–Kier alpha value is -2.61. The maximum absolute atomic E-state index is 12.5. The van der Waals surface area contributed by atoms with Gasteiger partial charge in [0, 0.05) is 36.6 Å². The molecule has 0 spiro atoms. The van der Waals surface area contributed by atoms with Crippen LogP contribution in [0.3, 0.4) is 0 Å². The van der Waals surface area contributed by atoms with Crippen LogP contribution in [-0.4, -0.2) is 44.0 Å². The van der Waals surface area contributed by atoms with Crippen molar-refractivity contribution in [1.82, 2.24) is 9.97 Å². The van der Waals surface area contributed by atoms with Crippen LogP contribution >= 0.6 is 11.6 Å². The summed E-state index contributed by atoms with van der Waals surface area (Å²) < 4.78 is 36.7. The molecule has 8 heteroatoms. The molecule has 2 aromatic heterocycles. The predicted octanol–water partition coefficient (Wildman–Crippen LogP) is 6.42. The minimum Gasteiger partial charge on any atom is -0.491 e. The first-order valence-corrected chi connectivity index (χ1v) is 13.6. The number of unbranched alkanes of at least 4 members (excludes halogenated alkanes) is 1. The number of halogens is 1. The number of aromatic amines is 1. The van der Waals surface area contributed by atoms with Gasteiger partial charge in [-0.2, -0.15) is 0 Å². The van der Waals surface area contributed by atoms with Gasteiger partial charge in [-0.1, -0.05) is 44.0 Å². The van der Waals surface area contributed by atoms with Crippen LogP contribution in [-0.2, 0) is 14.6 Å². The highest BCUT2D eigenvalue weighted by molar-refractivity contribution is 7.91. The molecule has 6 nitrogen and oxygen atoms in total. The van der Waals surface area contributed by atoms with Crippen molar-refractivity contribution < 1.29 is 17.9 Å². The van der Waals surface area contributed by atoms with Gasteiger partial charge in [-0.3, -0.25) is 0 Å². The number of ether oxygens (including phenoxy) is 2. The number of benzene rings is 2. The number of H-pyrrole nitrogens is 1. The van der Waals surface area contributed by atoms with Crippen molar-refractivity contribution in [3.63, 3.8) is 0 Å². The number of hydrogen-bond acceptors (Lipinski definition) is 5. The van der Waals surface area contributed by atoms with Gasteiger partial charge >= 0.3 is 0 Å². The van der Waals surface area contributed by atoms with Gasteiger partial charge in [-0.25, -0.2) is 13.4 Å². The van der Waals surface area contributed by atoms with E-state index in [0.29, 0.717) is 34.5 Å². The van der Waals surface area contributed by atoms with Crippen LogP contribution in [0.2, 0.25) is 5.02 Å². The van der Waals surface area contributed by atoms with Crippen molar-refractivity contribution in [1.29, 1.82) is 0 Å². The summed E-state index contributed by atoms with van der Waals surface area (Å²) in [6.45, 7) is 5.74. The number of nitrogens with one attached hydrogen (secondary N) is 1. The molecule has 0 aliphatic rings. The van der Waals surface area contributed by atoms with Crippen molar-refractivity contribution in [2.45, 2.75) is 38.0 Å². The summed E-state index contributed by atoms with van der Waals surface area (Å²) in [5, 5.41) is 2.28. The summed E-state index contributed by atoms with van der Waals surface area (Å²) in [6.07, 6.45) is 4.57. The van der Waals surface area contributed by atoms with Crippen LogP contribution in [0, 0.1) is 0 Å². The Morgan fingerprint density at radius 1 is 1.03 bits per heavy atom. The molecule has 0 unspecified atom stereocenters. The molecular weight excluding hydrogens is 472 g/mol. The summed E-state index contributed by atoms with van der Waals surface area (Å²) in [7, 11) is -3.33. The van der Waals surface area contributed by atoms with Crippen LogP contribution in [0.15, 0.2) is 53.6 Å². The minimum absolute atomic E-state index is 0.0490. The maximum Gasteiger partial charge on any atom is 0.178 e. The topological polar surface area (TPSA) is 81.3 Å². The molecule has 0 amide bonds.